The topological polar surface area (TPSA) is 58.2 Å². The molecule has 0 spiro atoms. The van der Waals surface area contributed by atoms with E-state index in [1.165, 1.54) is 0 Å². The fraction of sp³-hybridized carbons (Fsp3) is 0.333. The molecule has 0 unspecified atom stereocenters. The van der Waals surface area contributed by atoms with Crippen LogP contribution in [0.2, 0.25) is 10.0 Å². The van der Waals surface area contributed by atoms with Crippen molar-refractivity contribution < 1.29 is 9.53 Å². The van der Waals surface area contributed by atoms with Crippen molar-refractivity contribution in [2.75, 3.05) is 19.8 Å². The van der Waals surface area contributed by atoms with Crippen LogP contribution in [0.15, 0.2) is 12.1 Å². The van der Waals surface area contributed by atoms with Gasteiger partial charge in [0.25, 0.3) is 0 Å². The Bertz CT molecular complexity index is 602. The van der Waals surface area contributed by atoms with Gasteiger partial charge in [-0.3, -0.25) is 4.79 Å². The van der Waals surface area contributed by atoms with Gasteiger partial charge in [-0.1, -0.05) is 23.2 Å². The minimum Gasteiger partial charge on any atom is -0.370 e. The molecule has 100 valence electrons. The largest absolute Gasteiger partial charge is 0.370 e. The summed E-state index contributed by atoms with van der Waals surface area (Å²) in [4.78, 5) is 20.9. The van der Waals surface area contributed by atoms with Crippen molar-refractivity contribution in [2.24, 2.45) is 0 Å². The number of nitrogens with zero attached hydrogens (tertiary/aromatic N) is 2. The molecule has 3 rings (SSSR count). The molecule has 0 aliphatic carbocycles. The summed E-state index contributed by atoms with van der Waals surface area (Å²) in [5.41, 5.74) is 1.55. The molecule has 0 atom stereocenters. The number of amides is 1. The number of nitrogens with one attached hydrogen (secondary N) is 1. The fourth-order valence-electron chi connectivity index (χ4n) is 2.03. The number of aromatic amines is 1. The van der Waals surface area contributed by atoms with Crippen molar-refractivity contribution in [3.63, 3.8) is 0 Å². The number of hydrogen-bond donors (Lipinski definition) is 1. The number of hydrogen-bond acceptors (Lipinski definition) is 3. The summed E-state index contributed by atoms with van der Waals surface area (Å²) >= 11 is 11.9. The predicted octanol–water partition coefficient (Wildman–Crippen LogP) is 2.23. The molecular formula is C12H11Cl2N3O2. The van der Waals surface area contributed by atoms with Crippen LogP contribution >= 0.6 is 23.2 Å². The Balaban J connectivity index is 1.87. The second-order valence-corrected chi connectivity index (χ2v) is 5.15. The van der Waals surface area contributed by atoms with Crippen LogP contribution in [0.25, 0.3) is 11.0 Å². The third kappa shape index (κ3) is 2.54. The highest BCUT2D eigenvalue weighted by Gasteiger charge is 2.20. The zero-order valence-electron chi connectivity index (χ0n) is 9.95. The number of halogens is 2. The van der Waals surface area contributed by atoms with E-state index in [1.807, 2.05) is 0 Å². The number of fused-ring (bicyclic) bond motifs is 1. The Kier molecular flexibility index (Phi) is 3.35. The molecule has 2 heterocycles. The number of carbonyl (C=O) groups is 1. The zero-order chi connectivity index (χ0) is 13.4. The maximum atomic E-state index is 11.6. The van der Waals surface area contributed by atoms with Crippen LogP contribution in [0.5, 0.6) is 0 Å². The third-order valence-corrected chi connectivity index (χ3v) is 3.72. The molecule has 2 aromatic rings. The van der Waals surface area contributed by atoms with Crippen LogP contribution in [-0.4, -0.2) is 40.5 Å². The quantitative estimate of drug-likeness (QED) is 0.925. The van der Waals surface area contributed by atoms with Crippen LogP contribution < -0.4 is 0 Å². The van der Waals surface area contributed by atoms with Gasteiger partial charge < -0.3 is 14.6 Å². The molecule has 0 saturated carbocycles. The van der Waals surface area contributed by atoms with Gasteiger partial charge in [-0.2, -0.15) is 0 Å². The summed E-state index contributed by atoms with van der Waals surface area (Å²) in [5.74, 6) is 0.686. The van der Waals surface area contributed by atoms with Gasteiger partial charge >= 0.3 is 0 Å². The first kappa shape index (κ1) is 12.7. The standard InChI is InChI=1S/C12H11Cl2N3O2/c13-7-3-9-10(4-8(7)14)16-11(15-9)5-17-1-2-19-6-12(17)18/h3-4H,1-2,5-6H2,(H,15,16). The normalized spacial score (nSPS) is 16.3. The molecule has 0 radical (unpaired) electrons. The molecule has 1 aromatic carbocycles. The number of morpholine rings is 1. The van der Waals surface area contributed by atoms with Crippen molar-refractivity contribution in [1.82, 2.24) is 14.9 Å². The van der Waals surface area contributed by atoms with Gasteiger partial charge in [-0.25, -0.2) is 4.98 Å². The summed E-state index contributed by atoms with van der Waals surface area (Å²) < 4.78 is 5.08. The minimum atomic E-state index is -0.0252. The highest BCUT2D eigenvalue weighted by Crippen LogP contribution is 2.26. The lowest BCUT2D eigenvalue weighted by atomic mass is 10.3. The number of imidazole rings is 1. The molecule has 1 amide bonds. The van der Waals surface area contributed by atoms with Crippen LogP contribution in [0, 0.1) is 0 Å². The molecule has 0 bridgehead atoms. The molecule has 1 saturated heterocycles. The Morgan fingerprint density at radius 3 is 2.95 bits per heavy atom. The molecular weight excluding hydrogens is 289 g/mol. The number of ether oxygens (including phenoxy) is 1. The van der Waals surface area contributed by atoms with Gasteiger partial charge in [-0.05, 0) is 12.1 Å². The van der Waals surface area contributed by atoms with E-state index in [1.54, 1.807) is 17.0 Å². The average Bonchev–Trinajstić information content (AvgIpc) is 2.74. The van der Waals surface area contributed by atoms with E-state index < -0.39 is 0 Å². The molecule has 5 nitrogen and oxygen atoms in total. The van der Waals surface area contributed by atoms with Crippen LogP contribution in [0.3, 0.4) is 0 Å². The minimum absolute atomic E-state index is 0.0252. The maximum absolute atomic E-state index is 11.6. The summed E-state index contributed by atoms with van der Waals surface area (Å²) in [6.45, 7) is 1.71. The molecule has 7 heteroatoms. The second-order valence-electron chi connectivity index (χ2n) is 4.33. The number of carbonyl (C=O) groups excluding carboxylic acids is 1. The van der Waals surface area contributed by atoms with Crippen LogP contribution in [-0.2, 0) is 16.1 Å². The summed E-state index contributed by atoms with van der Waals surface area (Å²) in [6.07, 6.45) is 0. The SMILES string of the molecule is O=C1COCCN1Cc1nc2cc(Cl)c(Cl)cc2[nH]1. The zero-order valence-corrected chi connectivity index (χ0v) is 11.5. The lowest BCUT2D eigenvalue weighted by molar-refractivity contribution is -0.143. The average molecular weight is 300 g/mol. The predicted molar refractivity (Wildman–Crippen MR) is 72.3 cm³/mol. The molecule has 1 fully saturated rings. The smallest absolute Gasteiger partial charge is 0.249 e. The fourth-order valence-corrected chi connectivity index (χ4v) is 2.35. The van der Waals surface area contributed by atoms with Gasteiger partial charge in [0.2, 0.25) is 5.91 Å². The Morgan fingerprint density at radius 1 is 1.37 bits per heavy atom. The second kappa shape index (κ2) is 5.00. The molecule has 1 aliphatic heterocycles. The lowest BCUT2D eigenvalue weighted by Gasteiger charge is -2.25. The number of benzene rings is 1. The van der Waals surface area contributed by atoms with Crippen molar-refractivity contribution in [3.05, 3.63) is 28.0 Å². The van der Waals surface area contributed by atoms with E-state index in [-0.39, 0.29) is 12.5 Å². The van der Waals surface area contributed by atoms with E-state index in [4.69, 9.17) is 27.9 Å². The van der Waals surface area contributed by atoms with Crippen molar-refractivity contribution in [2.45, 2.75) is 6.54 Å². The number of H-pyrrole nitrogens is 1. The first-order valence-electron chi connectivity index (χ1n) is 5.82. The van der Waals surface area contributed by atoms with E-state index in [9.17, 15) is 4.79 Å². The first-order chi connectivity index (χ1) is 9.13. The molecule has 1 aliphatic rings. The van der Waals surface area contributed by atoms with Gasteiger partial charge in [0.1, 0.15) is 12.4 Å². The van der Waals surface area contributed by atoms with Gasteiger partial charge in [-0.15, -0.1) is 0 Å². The number of rotatable bonds is 2. The lowest BCUT2D eigenvalue weighted by Crippen LogP contribution is -2.41. The third-order valence-electron chi connectivity index (χ3n) is 3.00. The molecule has 1 N–H and O–H groups in total. The van der Waals surface area contributed by atoms with E-state index in [2.05, 4.69) is 9.97 Å². The summed E-state index contributed by atoms with van der Waals surface area (Å²) in [6, 6.07) is 3.44. The van der Waals surface area contributed by atoms with Gasteiger partial charge in [0.05, 0.1) is 34.2 Å². The Labute approximate surface area is 119 Å². The molecule has 1 aromatic heterocycles. The van der Waals surface area contributed by atoms with Crippen molar-refractivity contribution in [1.29, 1.82) is 0 Å². The van der Waals surface area contributed by atoms with Gasteiger partial charge in [0, 0.05) is 6.54 Å². The van der Waals surface area contributed by atoms with Crippen molar-refractivity contribution >= 4 is 40.1 Å². The van der Waals surface area contributed by atoms with E-state index in [0.29, 0.717) is 35.6 Å². The highest BCUT2D eigenvalue weighted by atomic mass is 35.5. The highest BCUT2D eigenvalue weighted by molar-refractivity contribution is 6.42. The van der Waals surface area contributed by atoms with E-state index >= 15 is 0 Å². The Hall–Kier alpha value is -1.30. The number of aromatic nitrogens is 2. The summed E-state index contributed by atoms with van der Waals surface area (Å²) in [5, 5.41) is 0.946. The monoisotopic (exact) mass is 299 g/mol. The maximum Gasteiger partial charge on any atom is 0.249 e. The van der Waals surface area contributed by atoms with Crippen LogP contribution in [0.1, 0.15) is 5.82 Å². The molecule has 19 heavy (non-hydrogen) atoms. The Morgan fingerprint density at radius 2 is 2.16 bits per heavy atom. The van der Waals surface area contributed by atoms with Crippen molar-refractivity contribution in [3.8, 4) is 0 Å². The summed E-state index contributed by atoms with van der Waals surface area (Å²) in [7, 11) is 0. The van der Waals surface area contributed by atoms with Gasteiger partial charge in [0.15, 0.2) is 0 Å². The first-order valence-corrected chi connectivity index (χ1v) is 6.58. The van der Waals surface area contributed by atoms with E-state index in [0.717, 1.165) is 11.0 Å². The van der Waals surface area contributed by atoms with Crippen LogP contribution in [0.4, 0.5) is 0 Å².